The number of likely N-dealkylation sites (tertiary alicyclic amines) is 1. The Hall–Kier alpha value is -3.55. The van der Waals surface area contributed by atoms with Crippen LogP contribution in [-0.4, -0.2) is 44.9 Å². The molecule has 0 bridgehead atoms. The van der Waals surface area contributed by atoms with E-state index in [-0.39, 0.29) is 24.2 Å². The van der Waals surface area contributed by atoms with Crippen LogP contribution in [0.3, 0.4) is 0 Å². The van der Waals surface area contributed by atoms with Crippen LogP contribution in [0.15, 0.2) is 59.4 Å². The van der Waals surface area contributed by atoms with Gasteiger partial charge in [-0.2, -0.15) is 4.98 Å². The predicted molar refractivity (Wildman–Crippen MR) is 110 cm³/mol. The Bertz CT molecular complexity index is 990. The molecule has 8 nitrogen and oxygen atoms in total. The average molecular weight is 405 g/mol. The molecule has 1 aliphatic heterocycles. The quantitative estimate of drug-likeness (QED) is 0.677. The van der Waals surface area contributed by atoms with Crippen molar-refractivity contribution >= 4 is 17.5 Å². The minimum absolute atomic E-state index is 0.00382. The van der Waals surface area contributed by atoms with Crippen LogP contribution in [0.2, 0.25) is 0 Å². The van der Waals surface area contributed by atoms with Crippen molar-refractivity contribution in [2.45, 2.75) is 25.7 Å². The van der Waals surface area contributed by atoms with E-state index in [1.807, 2.05) is 30.3 Å². The van der Waals surface area contributed by atoms with Crippen LogP contribution >= 0.6 is 0 Å². The normalized spacial score (nSPS) is 16.3. The largest absolute Gasteiger partial charge is 0.342 e. The van der Waals surface area contributed by atoms with Gasteiger partial charge >= 0.3 is 0 Å². The molecule has 1 unspecified atom stereocenters. The standard InChI is InChI=1S/C22H23N5O3/c28-20(9-8-19-25-21(26-30-19)16-10-12-23-13-11-16)27-14-4-5-17(15-27)22(29)24-18-6-2-1-3-7-18/h1-3,6-7,10-13,17H,4-5,8-9,14-15H2,(H,24,29). The molecule has 8 heteroatoms. The molecule has 4 rings (SSSR count). The second-order valence-electron chi connectivity index (χ2n) is 7.28. The number of carbonyl (C=O) groups is 2. The van der Waals surface area contributed by atoms with Crippen molar-refractivity contribution in [2.24, 2.45) is 5.92 Å². The molecule has 3 heterocycles. The summed E-state index contributed by atoms with van der Waals surface area (Å²) in [6.07, 6.45) is 5.55. The number of aryl methyl sites for hydroxylation is 1. The number of hydrogen-bond acceptors (Lipinski definition) is 6. The van der Waals surface area contributed by atoms with Gasteiger partial charge in [0.15, 0.2) is 0 Å². The summed E-state index contributed by atoms with van der Waals surface area (Å²) < 4.78 is 5.27. The van der Waals surface area contributed by atoms with Gasteiger partial charge in [0.2, 0.25) is 23.5 Å². The maximum absolute atomic E-state index is 12.7. The first-order chi connectivity index (χ1) is 14.7. The molecule has 1 aromatic carbocycles. The van der Waals surface area contributed by atoms with Crippen LogP contribution in [-0.2, 0) is 16.0 Å². The molecule has 2 aromatic heterocycles. The number of anilines is 1. The zero-order valence-electron chi connectivity index (χ0n) is 16.5. The maximum Gasteiger partial charge on any atom is 0.229 e. The number of carbonyl (C=O) groups excluding carboxylic acids is 2. The van der Waals surface area contributed by atoms with Crippen molar-refractivity contribution in [3.63, 3.8) is 0 Å². The number of pyridine rings is 1. The van der Waals surface area contributed by atoms with Gasteiger partial charge in [0.05, 0.1) is 5.92 Å². The van der Waals surface area contributed by atoms with E-state index in [1.54, 1.807) is 29.4 Å². The van der Waals surface area contributed by atoms with Crippen molar-refractivity contribution in [3.8, 4) is 11.4 Å². The van der Waals surface area contributed by atoms with Crippen molar-refractivity contribution in [2.75, 3.05) is 18.4 Å². The first kappa shape index (κ1) is 19.8. The number of hydrogen-bond donors (Lipinski definition) is 1. The van der Waals surface area contributed by atoms with Crippen LogP contribution in [0.1, 0.15) is 25.2 Å². The number of piperidine rings is 1. The molecular weight excluding hydrogens is 382 g/mol. The SMILES string of the molecule is O=C(Nc1ccccc1)C1CCCN(C(=O)CCc2nc(-c3ccncc3)no2)C1. The third-order valence-electron chi connectivity index (χ3n) is 5.15. The molecule has 154 valence electrons. The van der Waals surface area contributed by atoms with Gasteiger partial charge in [-0.05, 0) is 37.1 Å². The highest BCUT2D eigenvalue weighted by Crippen LogP contribution is 2.20. The zero-order chi connectivity index (χ0) is 20.8. The number of rotatable bonds is 6. The molecule has 1 fully saturated rings. The second kappa shape index (κ2) is 9.30. The Morgan fingerprint density at radius 2 is 1.93 bits per heavy atom. The molecule has 30 heavy (non-hydrogen) atoms. The molecule has 1 atom stereocenters. The predicted octanol–water partition coefficient (Wildman–Crippen LogP) is 2.94. The van der Waals surface area contributed by atoms with Crippen LogP contribution < -0.4 is 5.32 Å². The summed E-state index contributed by atoms with van der Waals surface area (Å²) in [6.45, 7) is 1.10. The number of aromatic nitrogens is 3. The summed E-state index contributed by atoms with van der Waals surface area (Å²) in [7, 11) is 0. The molecule has 0 saturated carbocycles. The summed E-state index contributed by atoms with van der Waals surface area (Å²) in [5.41, 5.74) is 1.59. The van der Waals surface area contributed by atoms with Gasteiger partial charge in [-0.3, -0.25) is 14.6 Å². The molecule has 1 saturated heterocycles. The third-order valence-corrected chi connectivity index (χ3v) is 5.15. The fourth-order valence-electron chi connectivity index (χ4n) is 3.53. The highest BCUT2D eigenvalue weighted by atomic mass is 16.5. The Labute approximate surface area is 174 Å². The van der Waals surface area contributed by atoms with Gasteiger partial charge in [-0.15, -0.1) is 0 Å². The van der Waals surface area contributed by atoms with Gasteiger partial charge in [0.1, 0.15) is 0 Å². The van der Waals surface area contributed by atoms with Gasteiger partial charge in [0.25, 0.3) is 0 Å². The van der Waals surface area contributed by atoms with E-state index in [0.29, 0.717) is 31.2 Å². The maximum atomic E-state index is 12.7. The Balaban J connectivity index is 1.29. The molecular formula is C22H23N5O3. The van der Waals surface area contributed by atoms with Gasteiger partial charge in [0, 0.05) is 49.6 Å². The molecule has 1 N–H and O–H groups in total. The van der Waals surface area contributed by atoms with Crippen molar-refractivity contribution in [1.29, 1.82) is 0 Å². The number of para-hydroxylation sites is 1. The minimum Gasteiger partial charge on any atom is -0.342 e. The monoisotopic (exact) mass is 405 g/mol. The van der Waals surface area contributed by atoms with E-state index in [0.717, 1.165) is 24.1 Å². The van der Waals surface area contributed by atoms with E-state index < -0.39 is 0 Å². The van der Waals surface area contributed by atoms with Gasteiger partial charge in [-0.1, -0.05) is 23.4 Å². The highest BCUT2D eigenvalue weighted by Gasteiger charge is 2.28. The number of amides is 2. The third kappa shape index (κ3) is 4.89. The second-order valence-corrected chi connectivity index (χ2v) is 7.28. The Morgan fingerprint density at radius 3 is 2.73 bits per heavy atom. The van der Waals surface area contributed by atoms with Gasteiger partial charge in [-0.25, -0.2) is 0 Å². The zero-order valence-corrected chi connectivity index (χ0v) is 16.5. The molecule has 0 radical (unpaired) electrons. The lowest BCUT2D eigenvalue weighted by Crippen LogP contribution is -2.43. The van der Waals surface area contributed by atoms with Crippen molar-refractivity contribution in [3.05, 3.63) is 60.7 Å². The summed E-state index contributed by atoms with van der Waals surface area (Å²) in [6, 6.07) is 13.0. The number of nitrogens with zero attached hydrogens (tertiary/aromatic N) is 4. The van der Waals surface area contributed by atoms with E-state index in [9.17, 15) is 9.59 Å². The summed E-state index contributed by atoms with van der Waals surface area (Å²) in [5, 5.41) is 6.89. The smallest absolute Gasteiger partial charge is 0.229 e. The lowest BCUT2D eigenvalue weighted by atomic mass is 9.96. The van der Waals surface area contributed by atoms with Crippen molar-refractivity contribution in [1.82, 2.24) is 20.0 Å². The summed E-state index contributed by atoms with van der Waals surface area (Å²) in [5.74, 6) is 0.652. The Kier molecular flexibility index (Phi) is 6.12. The van der Waals surface area contributed by atoms with E-state index in [2.05, 4.69) is 20.4 Å². The first-order valence-corrected chi connectivity index (χ1v) is 10.1. The van der Waals surface area contributed by atoms with E-state index in [1.165, 1.54) is 0 Å². The molecule has 3 aromatic rings. The molecule has 0 aliphatic carbocycles. The lowest BCUT2D eigenvalue weighted by molar-refractivity contribution is -0.134. The number of nitrogens with one attached hydrogen (secondary N) is 1. The number of benzene rings is 1. The van der Waals surface area contributed by atoms with Crippen LogP contribution in [0.5, 0.6) is 0 Å². The first-order valence-electron chi connectivity index (χ1n) is 10.1. The minimum atomic E-state index is -0.204. The molecule has 2 amide bonds. The fraction of sp³-hybridized carbons (Fsp3) is 0.318. The highest BCUT2D eigenvalue weighted by molar-refractivity contribution is 5.93. The van der Waals surface area contributed by atoms with Crippen molar-refractivity contribution < 1.29 is 14.1 Å². The summed E-state index contributed by atoms with van der Waals surface area (Å²) >= 11 is 0. The topological polar surface area (TPSA) is 101 Å². The lowest BCUT2D eigenvalue weighted by Gasteiger charge is -2.32. The van der Waals surface area contributed by atoms with E-state index >= 15 is 0 Å². The van der Waals surface area contributed by atoms with E-state index in [4.69, 9.17) is 4.52 Å². The average Bonchev–Trinajstić information content (AvgIpc) is 3.28. The van der Waals surface area contributed by atoms with Crippen LogP contribution in [0.4, 0.5) is 5.69 Å². The van der Waals surface area contributed by atoms with Crippen LogP contribution in [0.25, 0.3) is 11.4 Å². The fourth-order valence-corrected chi connectivity index (χ4v) is 3.53. The van der Waals surface area contributed by atoms with Crippen LogP contribution in [0, 0.1) is 5.92 Å². The molecule has 1 aliphatic rings. The van der Waals surface area contributed by atoms with Gasteiger partial charge < -0.3 is 14.7 Å². The summed E-state index contributed by atoms with van der Waals surface area (Å²) in [4.78, 5) is 35.3. The molecule has 0 spiro atoms. The Morgan fingerprint density at radius 1 is 1.13 bits per heavy atom.